The van der Waals surface area contributed by atoms with Crippen LogP contribution >= 0.6 is 11.3 Å². The zero-order valence-corrected chi connectivity index (χ0v) is 15.1. The summed E-state index contributed by atoms with van der Waals surface area (Å²) in [4.78, 5) is 19.3. The van der Waals surface area contributed by atoms with Gasteiger partial charge in [-0.25, -0.2) is 4.98 Å². The topological polar surface area (TPSA) is 95.3 Å². The van der Waals surface area contributed by atoms with E-state index in [0.29, 0.717) is 22.6 Å². The number of thiazole rings is 1. The third kappa shape index (κ3) is 3.50. The van der Waals surface area contributed by atoms with Gasteiger partial charge in [-0.15, -0.1) is 0 Å². The molecule has 4 N–H and O–H groups in total. The molecule has 4 aromatic rings. The number of oxazole rings is 1. The Morgan fingerprint density at radius 2 is 2.07 bits per heavy atom. The normalized spacial score (nSPS) is 12.0. The van der Waals surface area contributed by atoms with Crippen LogP contribution in [0.1, 0.15) is 21.3 Å². The third-order valence-electron chi connectivity index (χ3n) is 4.07. The Labute approximate surface area is 160 Å². The maximum atomic E-state index is 12.9. The number of amides is 1. The Balaban J connectivity index is 1.47. The van der Waals surface area contributed by atoms with Gasteiger partial charge >= 0.3 is 17.1 Å². The van der Waals surface area contributed by atoms with E-state index in [2.05, 4.69) is 15.3 Å². The number of hydrogen-bond donors (Lipinski definition) is 2. The predicted octanol–water partition coefficient (Wildman–Crippen LogP) is 3.43. The summed E-state index contributed by atoms with van der Waals surface area (Å²) in [6, 6.07) is 9.12. The Hall–Kier alpha value is -3.14. The maximum Gasteiger partial charge on any atom is 0.416 e. The molecule has 0 spiro atoms. The molecule has 0 aliphatic carbocycles. The van der Waals surface area contributed by atoms with E-state index in [4.69, 9.17) is 10.2 Å². The van der Waals surface area contributed by atoms with Gasteiger partial charge in [0.2, 0.25) is 5.52 Å². The average molecular weight is 407 g/mol. The van der Waals surface area contributed by atoms with Gasteiger partial charge in [-0.1, -0.05) is 23.5 Å². The molecule has 0 saturated carbocycles. The Kier molecular flexibility index (Phi) is 4.42. The molecule has 0 unspecified atom stereocenters. The van der Waals surface area contributed by atoms with Crippen LogP contribution in [-0.4, -0.2) is 17.4 Å². The molecule has 2 heterocycles. The summed E-state index contributed by atoms with van der Waals surface area (Å²) in [6.07, 6.45) is -4.13. The van der Waals surface area contributed by atoms with Crippen LogP contribution in [0.15, 0.2) is 40.8 Å². The van der Waals surface area contributed by atoms with Crippen molar-refractivity contribution < 1.29 is 27.4 Å². The number of nitrogens with zero attached hydrogens (tertiary/aromatic N) is 1. The van der Waals surface area contributed by atoms with Gasteiger partial charge in [-0.3, -0.25) is 4.79 Å². The average Bonchev–Trinajstić information content (AvgIpc) is 3.24. The van der Waals surface area contributed by atoms with Crippen molar-refractivity contribution in [3.8, 4) is 0 Å². The minimum atomic E-state index is -4.51. The molecule has 28 heavy (non-hydrogen) atoms. The lowest BCUT2D eigenvalue weighted by atomic mass is 10.2. The Morgan fingerprint density at radius 3 is 2.82 bits per heavy atom. The summed E-state index contributed by atoms with van der Waals surface area (Å²) < 4.78 is 44.7. The number of benzene rings is 2. The number of rotatable bonds is 4. The first kappa shape index (κ1) is 18.2. The molecule has 4 rings (SSSR count). The SMILES string of the molecule is Nc1cc(C(F)(F)F)cc2[nH+]c(C(=O)NCCc3nc4ccccc4o3)sc12. The van der Waals surface area contributed by atoms with Gasteiger partial charge < -0.3 is 15.5 Å². The largest absolute Gasteiger partial charge is 0.441 e. The van der Waals surface area contributed by atoms with Gasteiger partial charge in [0.1, 0.15) is 10.2 Å². The second-order valence-electron chi connectivity index (χ2n) is 6.08. The number of carbonyl (C=O) groups excluding carboxylic acids is 1. The van der Waals surface area contributed by atoms with Crippen LogP contribution in [0, 0.1) is 0 Å². The zero-order chi connectivity index (χ0) is 19.9. The lowest BCUT2D eigenvalue weighted by molar-refractivity contribution is -0.342. The van der Waals surface area contributed by atoms with Crippen molar-refractivity contribution in [2.24, 2.45) is 0 Å². The van der Waals surface area contributed by atoms with Crippen LogP contribution in [0.2, 0.25) is 0 Å². The highest BCUT2D eigenvalue weighted by Gasteiger charge is 2.33. The van der Waals surface area contributed by atoms with E-state index in [0.717, 1.165) is 29.0 Å². The summed E-state index contributed by atoms with van der Waals surface area (Å²) in [7, 11) is 0. The fraction of sp³-hybridized carbons (Fsp3) is 0.167. The number of hydrogen-bond acceptors (Lipinski definition) is 5. The zero-order valence-electron chi connectivity index (χ0n) is 14.3. The number of fused-ring (bicyclic) bond motifs is 2. The minimum absolute atomic E-state index is 0.0309. The molecule has 10 heteroatoms. The summed E-state index contributed by atoms with van der Waals surface area (Å²) in [5.74, 6) is 0.0474. The summed E-state index contributed by atoms with van der Waals surface area (Å²) in [5.41, 5.74) is 6.39. The lowest BCUT2D eigenvalue weighted by Gasteiger charge is -2.05. The van der Waals surface area contributed by atoms with Crippen LogP contribution in [0.4, 0.5) is 18.9 Å². The molecule has 0 saturated heterocycles. The van der Waals surface area contributed by atoms with Crippen molar-refractivity contribution in [3.05, 3.63) is 52.9 Å². The second kappa shape index (κ2) is 6.79. The molecule has 2 aromatic heterocycles. The van der Waals surface area contributed by atoms with Gasteiger partial charge in [0, 0.05) is 19.0 Å². The number of halogens is 3. The standard InChI is InChI=1S/C18H13F3N4O2S/c19-18(20,21)9-7-10(22)15-12(8-9)25-17(28-15)16(26)23-6-5-14-24-11-3-1-2-4-13(11)27-14/h1-4,7-8H,5-6,22H2,(H,23,26)/p+1. The smallest absolute Gasteiger partial charge is 0.416 e. The van der Waals surface area contributed by atoms with Crippen LogP contribution in [0.5, 0.6) is 0 Å². The van der Waals surface area contributed by atoms with Crippen LogP contribution in [0.25, 0.3) is 21.3 Å². The van der Waals surface area contributed by atoms with Crippen LogP contribution < -0.4 is 16.0 Å². The molecule has 0 radical (unpaired) electrons. The number of aromatic amines is 1. The first-order valence-corrected chi connectivity index (χ1v) is 9.08. The fourth-order valence-corrected chi connectivity index (χ4v) is 3.69. The number of anilines is 1. The van der Waals surface area contributed by atoms with Gasteiger partial charge in [0.05, 0.1) is 11.3 Å². The molecular formula is C18H14F3N4O2S+. The summed E-state index contributed by atoms with van der Waals surface area (Å²) >= 11 is 1.00. The monoisotopic (exact) mass is 407 g/mol. The van der Waals surface area contributed by atoms with E-state index in [9.17, 15) is 18.0 Å². The maximum absolute atomic E-state index is 12.9. The number of nitrogen functional groups attached to an aromatic ring is 1. The first-order chi connectivity index (χ1) is 13.3. The number of nitrogens with two attached hydrogens (primary N) is 1. The van der Waals surface area contributed by atoms with E-state index in [1.807, 2.05) is 18.2 Å². The van der Waals surface area contributed by atoms with E-state index < -0.39 is 17.6 Å². The number of para-hydroxylation sites is 2. The van der Waals surface area contributed by atoms with Crippen molar-refractivity contribution in [2.45, 2.75) is 12.6 Å². The second-order valence-corrected chi connectivity index (χ2v) is 7.10. The predicted molar refractivity (Wildman–Crippen MR) is 97.8 cm³/mol. The van der Waals surface area contributed by atoms with Crippen LogP contribution in [-0.2, 0) is 12.6 Å². The van der Waals surface area contributed by atoms with Crippen LogP contribution in [0.3, 0.4) is 0 Å². The molecule has 0 bridgehead atoms. The molecule has 6 nitrogen and oxygen atoms in total. The summed E-state index contributed by atoms with van der Waals surface area (Å²) in [5, 5.41) is 2.86. The van der Waals surface area contributed by atoms with Crippen molar-refractivity contribution in [2.75, 3.05) is 12.3 Å². The van der Waals surface area contributed by atoms with E-state index in [-0.39, 0.29) is 22.8 Å². The number of H-pyrrole nitrogens is 1. The molecule has 0 aliphatic rings. The van der Waals surface area contributed by atoms with Gasteiger partial charge in [-0.05, 0) is 18.2 Å². The number of aromatic nitrogens is 2. The Bertz CT molecular complexity index is 1150. The molecule has 2 aromatic carbocycles. The molecular weight excluding hydrogens is 393 g/mol. The molecule has 0 fully saturated rings. The minimum Gasteiger partial charge on any atom is -0.441 e. The third-order valence-corrected chi connectivity index (χ3v) is 5.22. The van der Waals surface area contributed by atoms with Crippen molar-refractivity contribution in [3.63, 3.8) is 0 Å². The first-order valence-electron chi connectivity index (χ1n) is 8.26. The van der Waals surface area contributed by atoms with Crippen molar-refractivity contribution >= 4 is 44.2 Å². The highest BCUT2D eigenvalue weighted by Crippen LogP contribution is 2.35. The number of alkyl halides is 3. The van der Waals surface area contributed by atoms with Crippen molar-refractivity contribution in [1.82, 2.24) is 10.3 Å². The highest BCUT2D eigenvalue weighted by molar-refractivity contribution is 7.20. The van der Waals surface area contributed by atoms with E-state index in [1.54, 1.807) is 6.07 Å². The highest BCUT2D eigenvalue weighted by atomic mass is 32.1. The Morgan fingerprint density at radius 1 is 1.29 bits per heavy atom. The quantitative estimate of drug-likeness (QED) is 0.507. The van der Waals surface area contributed by atoms with Crippen molar-refractivity contribution in [1.29, 1.82) is 0 Å². The van der Waals surface area contributed by atoms with Gasteiger partial charge in [0.15, 0.2) is 11.5 Å². The van der Waals surface area contributed by atoms with E-state index in [1.165, 1.54) is 0 Å². The molecule has 0 atom stereocenters. The fourth-order valence-electron chi connectivity index (χ4n) is 2.76. The van der Waals surface area contributed by atoms with Gasteiger partial charge in [0.25, 0.3) is 0 Å². The number of carbonyl (C=O) groups is 1. The van der Waals surface area contributed by atoms with E-state index >= 15 is 0 Å². The summed E-state index contributed by atoms with van der Waals surface area (Å²) in [6.45, 7) is 0.261. The molecule has 1 amide bonds. The molecule has 0 aliphatic heterocycles. The number of nitrogens with one attached hydrogen (secondary N) is 2. The molecule has 144 valence electrons. The lowest BCUT2D eigenvalue weighted by Crippen LogP contribution is -2.29. The van der Waals surface area contributed by atoms with Gasteiger partial charge in [-0.2, -0.15) is 18.2 Å².